The average molecular weight is 333 g/mol. The number of para-hydroxylation sites is 1. The quantitative estimate of drug-likeness (QED) is 0.808. The molecule has 0 aliphatic heterocycles. The molecule has 7 nitrogen and oxygen atoms in total. The fraction of sp³-hybridized carbons (Fsp3) is 0.200. The summed E-state index contributed by atoms with van der Waals surface area (Å²) in [5, 5.41) is 3.23. The molecular formula is C15H15N3O4S. The predicted octanol–water partition coefficient (Wildman–Crippen LogP) is 1.65. The number of nitrogens with zero attached hydrogens (tertiary/aromatic N) is 1. The van der Waals surface area contributed by atoms with Crippen molar-refractivity contribution in [3.8, 4) is 0 Å². The molecule has 8 heteroatoms. The standard InChI is InChI=1S/C15H15N3O4S/c1-8-13(23-9(2)17-8)15(21)22-7-12(19)18-11-6-4-3-5-10(11)14(16)20/h3-6H,7H2,1-2H3,(H2,16,20)(H,18,19). The molecule has 1 aromatic carbocycles. The van der Waals surface area contributed by atoms with Crippen LogP contribution in [0, 0.1) is 13.8 Å². The van der Waals surface area contributed by atoms with E-state index in [0.717, 1.165) is 5.01 Å². The van der Waals surface area contributed by atoms with Crippen LogP contribution in [0.1, 0.15) is 30.7 Å². The molecule has 0 saturated carbocycles. The number of benzene rings is 1. The Morgan fingerprint density at radius 2 is 1.96 bits per heavy atom. The van der Waals surface area contributed by atoms with E-state index in [1.165, 1.54) is 23.5 Å². The minimum absolute atomic E-state index is 0.182. The zero-order valence-corrected chi connectivity index (χ0v) is 13.4. The third kappa shape index (κ3) is 4.13. The maximum Gasteiger partial charge on any atom is 0.350 e. The first-order valence-corrected chi connectivity index (χ1v) is 7.50. The topological polar surface area (TPSA) is 111 Å². The van der Waals surface area contributed by atoms with Gasteiger partial charge in [0.25, 0.3) is 11.8 Å². The number of amides is 2. The minimum atomic E-state index is -0.659. The molecular weight excluding hydrogens is 318 g/mol. The van der Waals surface area contributed by atoms with E-state index in [4.69, 9.17) is 10.5 Å². The van der Waals surface area contributed by atoms with E-state index in [0.29, 0.717) is 10.6 Å². The van der Waals surface area contributed by atoms with Crippen LogP contribution in [0.2, 0.25) is 0 Å². The Bertz CT molecular complexity index is 770. The number of carbonyl (C=O) groups is 3. The summed E-state index contributed by atoms with van der Waals surface area (Å²) in [6, 6.07) is 6.31. The van der Waals surface area contributed by atoms with Gasteiger partial charge in [-0.2, -0.15) is 0 Å². The maximum absolute atomic E-state index is 11.9. The first-order valence-electron chi connectivity index (χ1n) is 6.68. The van der Waals surface area contributed by atoms with Crippen molar-refractivity contribution in [2.24, 2.45) is 5.73 Å². The van der Waals surface area contributed by atoms with Crippen molar-refractivity contribution in [1.29, 1.82) is 0 Å². The van der Waals surface area contributed by atoms with Gasteiger partial charge in [0.1, 0.15) is 4.88 Å². The number of hydrogen-bond acceptors (Lipinski definition) is 6. The molecule has 0 atom stereocenters. The average Bonchev–Trinajstić information content (AvgIpc) is 2.84. The Labute approximate surface area is 136 Å². The van der Waals surface area contributed by atoms with Crippen molar-refractivity contribution in [2.75, 3.05) is 11.9 Å². The molecule has 1 aromatic heterocycles. The monoisotopic (exact) mass is 333 g/mol. The number of ether oxygens (including phenoxy) is 1. The van der Waals surface area contributed by atoms with E-state index in [2.05, 4.69) is 10.3 Å². The SMILES string of the molecule is Cc1nc(C)c(C(=O)OCC(=O)Nc2ccccc2C(N)=O)s1. The summed E-state index contributed by atoms with van der Waals surface area (Å²) in [5.41, 5.74) is 6.24. The highest BCUT2D eigenvalue weighted by Gasteiger charge is 2.17. The molecule has 0 fully saturated rings. The Hall–Kier alpha value is -2.74. The molecule has 2 amide bonds. The lowest BCUT2D eigenvalue weighted by Crippen LogP contribution is -2.23. The van der Waals surface area contributed by atoms with Crippen molar-refractivity contribution >= 4 is 34.8 Å². The van der Waals surface area contributed by atoms with Crippen LogP contribution in [-0.4, -0.2) is 29.4 Å². The summed E-state index contributed by atoms with van der Waals surface area (Å²) in [4.78, 5) is 39.5. The highest BCUT2D eigenvalue weighted by Crippen LogP contribution is 2.18. The Morgan fingerprint density at radius 1 is 1.26 bits per heavy atom. The van der Waals surface area contributed by atoms with Crippen LogP contribution in [-0.2, 0) is 9.53 Å². The van der Waals surface area contributed by atoms with Gasteiger partial charge in [0.2, 0.25) is 0 Å². The lowest BCUT2D eigenvalue weighted by Gasteiger charge is -2.09. The number of aromatic nitrogens is 1. The second-order valence-electron chi connectivity index (χ2n) is 4.68. The molecule has 0 saturated heterocycles. The van der Waals surface area contributed by atoms with Gasteiger partial charge in [0.05, 0.1) is 22.0 Å². The first-order chi connectivity index (χ1) is 10.9. The number of hydrogen-bond donors (Lipinski definition) is 2. The van der Waals surface area contributed by atoms with Gasteiger partial charge in [-0.15, -0.1) is 11.3 Å². The molecule has 0 unspecified atom stereocenters. The number of carbonyl (C=O) groups excluding carboxylic acids is 3. The van der Waals surface area contributed by atoms with Crippen molar-refractivity contribution in [2.45, 2.75) is 13.8 Å². The number of rotatable bonds is 5. The first kappa shape index (κ1) is 16.6. The molecule has 0 aliphatic carbocycles. The molecule has 0 spiro atoms. The number of aryl methyl sites for hydroxylation is 2. The van der Waals surface area contributed by atoms with Crippen LogP contribution >= 0.6 is 11.3 Å². The fourth-order valence-electron chi connectivity index (χ4n) is 1.91. The van der Waals surface area contributed by atoms with Crippen molar-refractivity contribution in [1.82, 2.24) is 4.98 Å². The summed E-state index contributed by atoms with van der Waals surface area (Å²) < 4.78 is 4.96. The zero-order valence-electron chi connectivity index (χ0n) is 12.6. The predicted molar refractivity (Wildman–Crippen MR) is 85.5 cm³/mol. The number of esters is 1. The Kier molecular flexibility index (Phi) is 5.07. The van der Waals surface area contributed by atoms with Crippen LogP contribution in [0.4, 0.5) is 5.69 Å². The Morgan fingerprint density at radius 3 is 2.57 bits per heavy atom. The van der Waals surface area contributed by atoms with E-state index in [1.807, 2.05) is 0 Å². The normalized spacial score (nSPS) is 10.2. The molecule has 2 aromatic rings. The summed E-state index contributed by atoms with van der Waals surface area (Å²) in [7, 11) is 0. The Balaban J connectivity index is 1.97. The van der Waals surface area contributed by atoms with E-state index in [-0.39, 0.29) is 11.3 Å². The van der Waals surface area contributed by atoms with Crippen molar-refractivity contribution in [3.63, 3.8) is 0 Å². The number of primary amides is 1. The van der Waals surface area contributed by atoms with Crippen molar-refractivity contribution in [3.05, 3.63) is 45.4 Å². The van der Waals surface area contributed by atoms with Crippen LogP contribution < -0.4 is 11.1 Å². The van der Waals surface area contributed by atoms with Crippen LogP contribution in [0.15, 0.2) is 24.3 Å². The summed E-state index contributed by atoms with van der Waals surface area (Å²) in [6.07, 6.45) is 0. The summed E-state index contributed by atoms with van der Waals surface area (Å²) in [5.74, 6) is -1.83. The molecule has 3 N–H and O–H groups in total. The lowest BCUT2D eigenvalue weighted by atomic mass is 10.1. The molecule has 0 aliphatic rings. The van der Waals surface area contributed by atoms with E-state index >= 15 is 0 Å². The molecule has 1 heterocycles. The van der Waals surface area contributed by atoms with E-state index in [9.17, 15) is 14.4 Å². The zero-order chi connectivity index (χ0) is 17.0. The van der Waals surface area contributed by atoms with Gasteiger partial charge in [-0.1, -0.05) is 12.1 Å². The second kappa shape index (κ2) is 7.01. The van der Waals surface area contributed by atoms with Crippen LogP contribution in [0.25, 0.3) is 0 Å². The maximum atomic E-state index is 11.9. The number of thiazole rings is 1. The molecule has 120 valence electrons. The highest BCUT2D eigenvalue weighted by molar-refractivity contribution is 7.13. The largest absolute Gasteiger partial charge is 0.451 e. The highest BCUT2D eigenvalue weighted by atomic mass is 32.1. The van der Waals surface area contributed by atoms with Gasteiger partial charge in [-0.3, -0.25) is 9.59 Å². The minimum Gasteiger partial charge on any atom is -0.451 e. The summed E-state index contributed by atoms with van der Waals surface area (Å²) >= 11 is 1.21. The smallest absolute Gasteiger partial charge is 0.350 e. The van der Waals surface area contributed by atoms with Crippen LogP contribution in [0.5, 0.6) is 0 Å². The molecule has 0 bridgehead atoms. The van der Waals surface area contributed by atoms with Crippen LogP contribution in [0.3, 0.4) is 0 Å². The molecule has 0 radical (unpaired) electrons. The van der Waals surface area contributed by atoms with Gasteiger partial charge in [0, 0.05) is 0 Å². The number of anilines is 1. The third-order valence-corrected chi connectivity index (χ3v) is 3.94. The third-order valence-electron chi connectivity index (χ3n) is 2.89. The van der Waals surface area contributed by atoms with E-state index < -0.39 is 24.4 Å². The van der Waals surface area contributed by atoms with Gasteiger partial charge < -0.3 is 15.8 Å². The van der Waals surface area contributed by atoms with Gasteiger partial charge in [0.15, 0.2) is 6.61 Å². The fourth-order valence-corrected chi connectivity index (χ4v) is 2.72. The van der Waals surface area contributed by atoms with Crippen molar-refractivity contribution < 1.29 is 19.1 Å². The lowest BCUT2D eigenvalue weighted by molar-refractivity contribution is -0.119. The summed E-state index contributed by atoms with van der Waals surface area (Å²) in [6.45, 7) is 3.01. The number of nitrogens with one attached hydrogen (secondary N) is 1. The molecule has 2 rings (SSSR count). The van der Waals surface area contributed by atoms with Gasteiger partial charge >= 0.3 is 5.97 Å². The van der Waals surface area contributed by atoms with E-state index in [1.54, 1.807) is 26.0 Å². The number of nitrogens with two attached hydrogens (primary N) is 1. The molecule has 23 heavy (non-hydrogen) atoms. The van der Waals surface area contributed by atoms with Gasteiger partial charge in [-0.05, 0) is 26.0 Å². The second-order valence-corrected chi connectivity index (χ2v) is 5.88. The van der Waals surface area contributed by atoms with Gasteiger partial charge in [-0.25, -0.2) is 9.78 Å².